The number of oxazole rings is 1. The maximum Gasteiger partial charge on any atom is 0.276 e. The van der Waals surface area contributed by atoms with Crippen molar-refractivity contribution in [3.63, 3.8) is 0 Å². The van der Waals surface area contributed by atoms with Gasteiger partial charge >= 0.3 is 0 Å². The SMILES string of the molecule is CC1(C)OC[C@H](CN(Cc2nccs2)C(=O)c2ncoc2-c2ccccc2)O1. The molecular weight excluding hydrogens is 378 g/mol. The number of thiazole rings is 1. The molecule has 1 aliphatic heterocycles. The number of ether oxygens (including phenoxy) is 2. The summed E-state index contributed by atoms with van der Waals surface area (Å²) < 4.78 is 17.1. The van der Waals surface area contributed by atoms with Gasteiger partial charge in [0.05, 0.1) is 19.7 Å². The third-order valence-electron chi connectivity index (χ3n) is 4.39. The average Bonchev–Trinajstić information content (AvgIpc) is 3.42. The number of rotatable bonds is 6. The normalized spacial score (nSPS) is 18.3. The zero-order valence-corrected chi connectivity index (χ0v) is 16.5. The van der Waals surface area contributed by atoms with E-state index in [4.69, 9.17) is 13.9 Å². The molecule has 0 radical (unpaired) electrons. The van der Waals surface area contributed by atoms with Crippen LogP contribution in [0.3, 0.4) is 0 Å². The van der Waals surface area contributed by atoms with Gasteiger partial charge in [-0.2, -0.15) is 0 Å². The number of hydrogen-bond acceptors (Lipinski definition) is 7. The summed E-state index contributed by atoms with van der Waals surface area (Å²) in [7, 11) is 0. The molecule has 1 aromatic carbocycles. The van der Waals surface area contributed by atoms with E-state index in [1.165, 1.54) is 17.7 Å². The number of carbonyl (C=O) groups is 1. The first-order valence-corrected chi connectivity index (χ1v) is 9.88. The quantitative estimate of drug-likeness (QED) is 0.630. The third kappa shape index (κ3) is 4.14. The predicted octanol–water partition coefficient (Wildman–Crippen LogP) is 3.59. The van der Waals surface area contributed by atoms with E-state index in [1.54, 1.807) is 11.1 Å². The van der Waals surface area contributed by atoms with E-state index >= 15 is 0 Å². The molecule has 146 valence electrons. The van der Waals surface area contributed by atoms with Crippen molar-refractivity contribution in [2.75, 3.05) is 13.2 Å². The molecule has 7 nitrogen and oxygen atoms in total. The van der Waals surface area contributed by atoms with E-state index in [1.807, 2.05) is 49.6 Å². The summed E-state index contributed by atoms with van der Waals surface area (Å²) in [5.41, 5.74) is 1.08. The van der Waals surface area contributed by atoms with Gasteiger partial charge in [-0.1, -0.05) is 30.3 Å². The molecule has 1 atom stereocenters. The van der Waals surface area contributed by atoms with Crippen LogP contribution in [0.1, 0.15) is 29.3 Å². The van der Waals surface area contributed by atoms with Gasteiger partial charge in [0.1, 0.15) is 11.1 Å². The van der Waals surface area contributed by atoms with E-state index in [2.05, 4.69) is 9.97 Å². The summed E-state index contributed by atoms with van der Waals surface area (Å²) in [6, 6.07) is 9.48. The number of nitrogens with zero attached hydrogens (tertiary/aromatic N) is 3. The van der Waals surface area contributed by atoms with Crippen LogP contribution in [-0.2, 0) is 16.0 Å². The molecule has 1 saturated heterocycles. The number of carbonyl (C=O) groups excluding carboxylic acids is 1. The molecule has 3 aromatic rings. The first-order chi connectivity index (χ1) is 13.5. The second-order valence-corrected chi connectivity index (χ2v) is 7.94. The highest BCUT2D eigenvalue weighted by Crippen LogP contribution is 2.27. The summed E-state index contributed by atoms with van der Waals surface area (Å²) in [4.78, 5) is 23.6. The van der Waals surface area contributed by atoms with Gasteiger partial charge in [-0.05, 0) is 13.8 Å². The molecule has 0 saturated carbocycles. The van der Waals surface area contributed by atoms with Gasteiger partial charge in [0.2, 0.25) is 0 Å². The van der Waals surface area contributed by atoms with Crippen molar-refractivity contribution < 1.29 is 18.7 Å². The molecule has 3 heterocycles. The fourth-order valence-electron chi connectivity index (χ4n) is 3.16. The highest BCUT2D eigenvalue weighted by atomic mass is 32.1. The van der Waals surface area contributed by atoms with Crippen molar-refractivity contribution in [2.24, 2.45) is 0 Å². The minimum Gasteiger partial charge on any atom is -0.443 e. The van der Waals surface area contributed by atoms with Crippen LogP contribution in [0.5, 0.6) is 0 Å². The molecule has 28 heavy (non-hydrogen) atoms. The Bertz CT molecular complexity index is 924. The van der Waals surface area contributed by atoms with Crippen molar-refractivity contribution in [3.8, 4) is 11.3 Å². The van der Waals surface area contributed by atoms with E-state index in [9.17, 15) is 4.79 Å². The van der Waals surface area contributed by atoms with E-state index in [0.29, 0.717) is 25.5 Å². The highest BCUT2D eigenvalue weighted by molar-refractivity contribution is 7.09. The molecule has 2 aromatic heterocycles. The van der Waals surface area contributed by atoms with Gasteiger partial charge in [-0.15, -0.1) is 11.3 Å². The Morgan fingerprint density at radius 3 is 2.79 bits per heavy atom. The van der Waals surface area contributed by atoms with Crippen LogP contribution in [0.25, 0.3) is 11.3 Å². The van der Waals surface area contributed by atoms with Crippen molar-refractivity contribution in [3.05, 3.63) is 59.0 Å². The van der Waals surface area contributed by atoms with Crippen molar-refractivity contribution in [1.82, 2.24) is 14.9 Å². The van der Waals surface area contributed by atoms with Gasteiger partial charge in [0.25, 0.3) is 5.91 Å². The van der Waals surface area contributed by atoms with Crippen LogP contribution in [0.15, 0.2) is 52.7 Å². The van der Waals surface area contributed by atoms with E-state index in [-0.39, 0.29) is 17.7 Å². The second kappa shape index (κ2) is 7.83. The molecule has 0 unspecified atom stereocenters. The lowest BCUT2D eigenvalue weighted by Crippen LogP contribution is -2.39. The fraction of sp³-hybridized carbons (Fsp3) is 0.350. The van der Waals surface area contributed by atoms with E-state index < -0.39 is 5.79 Å². The Morgan fingerprint density at radius 1 is 1.29 bits per heavy atom. The largest absolute Gasteiger partial charge is 0.443 e. The van der Waals surface area contributed by atoms with Crippen molar-refractivity contribution >= 4 is 17.2 Å². The lowest BCUT2D eigenvalue weighted by Gasteiger charge is -2.24. The lowest BCUT2D eigenvalue weighted by atomic mass is 10.1. The molecular formula is C20H21N3O4S. The van der Waals surface area contributed by atoms with Gasteiger partial charge in [-0.3, -0.25) is 4.79 Å². The van der Waals surface area contributed by atoms with Crippen LogP contribution in [0.2, 0.25) is 0 Å². The topological polar surface area (TPSA) is 77.7 Å². The molecule has 4 rings (SSSR count). The number of hydrogen-bond donors (Lipinski definition) is 0. The molecule has 1 amide bonds. The van der Waals surface area contributed by atoms with Gasteiger partial charge in [0.15, 0.2) is 23.6 Å². The molecule has 0 spiro atoms. The Morgan fingerprint density at radius 2 is 2.11 bits per heavy atom. The second-order valence-electron chi connectivity index (χ2n) is 6.96. The number of benzene rings is 1. The molecule has 8 heteroatoms. The smallest absolute Gasteiger partial charge is 0.276 e. The van der Waals surface area contributed by atoms with Gasteiger partial charge in [0, 0.05) is 17.1 Å². The Labute approximate surface area is 166 Å². The lowest BCUT2D eigenvalue weighted by molar-refractivity contribution is -0.139. The first-order valence-electron chi connectivity index (χ1n) is 9.00. The zero-order chi connectivity index (χ0) is 19.6. The number of amides is 1. The van der Waals surface area contributed by atoms with Crippen molar-refractivity contribution in [1.29, 1.82) is 0 Å². The summed E-state index contributed by atoms with van der Waals surface area (Å²) >= 11 is 1.50. The maximum absolute atomic E-state index is 13.4. The summed E-state index contributed by atoms with van der Waals surface area (Å²) in [5, 5.41) is 2.73. The third-order valence-corrected chi connectivity index (χ3v) is 5.16. The Hall–Kier alpha value is -2.55. The van der Waals surface area contributed by atoms with Crippen LogP contribution in [-0.4, -0.2) is 45.8 Å². The standard InChI is InChI=1S/C20H21N3O4S/c1-20(2)26-12-15(27-20)10-23(11-16-21-8-9-28-16)19(24)17-18(25-13-22-17)14-6-4-3-5-7-14/h3-9,13,15H,10-12H2,1-2H3/t15-/m0/s1. The summed E-state index contributed by atoms with van der Waals surface area (Å²) in [6.07, 6.45) is 2.81. The molecule has 0 N–H and O–H groups in total. The molecule has 1 aliphatic rings. The van der Waals surface area contributed by atoms with Gasteiger partial charge in [-0.25, -0.2) is 9.97 Å². The Kier molecular flexibility index (Phi) is 5.25. The molecule has 0 aliphatic carbocycles. The van der Waals surface area contributed by atoms with Crippen LogP contribution >= 0.6 is 11.3 Å². The average molecular weight is 399 g/mol. The minimum absolute atomic E-state index is 0.217. The minimum atomic E-state index is -0.649. The first kappa shape index (κ1) is 18.8. The van der Waals surface area contributed by atoms with Crippen LogP contribution < -0.4 is 0 Å². The highest BCUT2D eigenvalue weighted by Gasteiger charge is 2.35. The fourth-order valence-corrected chi connectivity index (χ4v) is 3.79. The summed E-state index contributed by atoms with van der Waals surface area (Å²) in [5.74, 6) is -0.418. The molecule has 0 bridgehead atoms. The monoisotopic (exact) mass is 399 g/mol. The van der Waals surface area contributed by atoms with Crippen LogP contribution in [0.4, 0.5) is 0 Å². The zero-order valence-electron chi connectivity index (χ0n) is 15.7. The molecule has 1 fully saturated rings. The predicted molar refractivity (Wildman–Crippen MR) is 104 cm³/mol. The number of aromatic nitrogens is 2. The maximum atomic E-state index is 13.4. The van der Waals surface area contributed by atoms with E-state index in [0.717, 1.165) is 10.6 Å². The Balaban J connectivity index is 1.59. The summed E-state index contributed by atoms with van der Waals surface area (Å²) in [6.45, 7) is 4.91. The van der Waals surface area contributed by atoms with Crippen LogP contribution in [0, 0.1) is 0 Å². The van der Waals surface area contributed by atoms with Crippen molar-refractivity contribution in [2.45, 2.75) is 32.3 Å². The van der Waals surface area contributed by atoms with Gasteiger partial charge < -0.3 is 18.8 Å².